The molecule has 3 N–H and O–H groups in total. The first-order valence-corrected chi connectivity index (χ1v) is 9.53. The van der Waals surface area contributed by atoms with E-state index in [2.05, 4.69) is 40.5 Å². The Bertz CT molecular complexity index is 578. The van der Waals surface area contributed by atoms with Crippen LogP contribution in [0, 0.1) is 0 Å². The molecule has 1 aliphatic carbocycles. The van der Waals surface area contributed by atoms with E-state index in [0.29, 0.717) is 18.1 Å². The van der Waals surface area contributed by atoms with E-state index < -0.39 is 5.54 Å². The van der Waals surface area contributed by atoms with Gasteiger partial charge in [-0.15, -0.1) is 24.8 Å². The van der Waals surface area contributed by atoms with Crippen LogP contribution in [-0.4, -0.2) is 34.5 Å². The molecule has 146 valence electrons. The summed E-state index contributed by atoms with van der Waals surface area (Å²) in [4.78, 5) is 15.3. The third-order valence-corrected chi connectivity index (χ3v) is 6.38. The Morgan fingerprint density at radius 1 is 1.08 bits per heavy atom. The van der Waals surface area contributed by atoms with Crippen LogP contribution < -0.4 is 11.1 Å². The highest BCUT2D eigenvalue weighted by atomic mass is 35.5. The summed E-state index contributed by atoms with van der Waals surface area (Å²) >= 11 is 0. The number of nitrogens with two attached hydrogens (primary N) is 1. The van der Waals surface area contributed by atoms with Crippen LogP contribution in [0.5, 0.6) is 0 Å². The summed E-state index contributed by atoms with van der Waals surface area (Å²) in [7, 11) is 0. The molecule has 3 fully saturated rings. The fourth-order valence-electron chi connectivity index (χ4n) is 5.01. The van der Waals surface area contributed by atoms with Crippen LogP contribution in [0.1, 0.15) is 56.9 Å². The van der Waals surface area contributed by atoms with Crippen molar-refractivity contribution in [1.29, 1.82) is 0 Å². The predicted octanol–water partition coefficient (Wildman–Crippen LogP) is 3.41. The Morgan fingerprint density at radius 3 is 2.23 bits per heavy atom. The fraction of sp³-hybridized carbons (Fsp3) is 0.650. The fourth-order valence-corrected chi connectivity index (χ4v) is 5.01. The van der Waals surface area contributed by atoms with Gasteiger partial charge in [0.05, 0.1) is 5.54 Å². The summed E-state index contributed by atoms with van der Waals surface area (Å²) in [5.74, 6) is 0.0981. The number of nitrogens with zero attached hydrogens (tertiary/aromatic N) is 1. The molecule has 6 heteroatoms. The molecule has 0 radical (unpaired) electrons. The van der Waals surface area contributed by atoms with Gasteiger partial charge in [0.1, 0.15) is 0 Å². The van der Waals surface area contributed by atoms with Crippen molar-refractivity contribution in [2.45, 2.75) is 81.6 Å². The Kier molecular flexibility index (Phi) is 7.37. The molecule has 26 heavy (non-hydrogen) atoms. The van der Waals surface area contributed by atoms with Crippen LogP contribution >= 0.6 is 24.8 Å². The van der Waals surface area contributed by atoms with Crippen LogP contribution in [0.3, 0.4) is 0 Å². The lowest BCUT2D eigenvalue weighted by atomic mass is 9.93. The highest BCUT2D eigenvalue weighted by molar-refractivity contribution is 5.86. The molecule has 4 nitrogen and oxygen atoms in total. The Labute approximate surface area is 169 Å². The molecular weight excluding hydrogens is 369 g/mol. The summed E-state index contributed by atoms with van der Waals surface area (Å²) in [5, 5.41) is 3.30. The second-order valence-electron chi connectivity index (χ2n) is 8.05. The number of rotatable bonds is 4. The first-order valence-electron chi connectivity index (χ1n) is 9.53. The van der Waals surface area contributed by atoms with Crippen molar-refractivity contribution < 1.29 is 4.79 Å². The standard InChI is InChI=1S/C20H29N3O.2ClH/c21-20(10-4-5-11-20)19(24)22-16-12-17-8-9-18(13-16)23(17)14-15-6-2-1-3-7-15;;/h1-3,6-7,16-18H,4-5,8-14,21H2,(H,22,24);2*1H. The number of carbonyl (C=O) groups is 1. The summed E-state index contributed by atoms with van der Waals surface area (Å²) in [6, 6.07) is 12.3. The molecule has 0 spiro atoms. The minimum Gasteiger partial charge on any atom is -0.352 e. The number of piperidine rings is 1. The Morgan fingerprint density at radius 2 is 1.65 bits per heavy atom. The van der Waals surface area contributed by atoms with Crippen molar-refractivity contribution in [3.8, 4) is 0 Å². The lowest BCUT2D eigenvalue weighted by molar-refractivity contribution is -0.127. The van der Waals surface area contributed by atoms with Gasteiger partial charge >= 0.3 is 0 Å². The molecule has 2 atom stereocenters. The zero-order valence-electron chi connectivity index (χ0n) is 15.2. The van der Waals surface area contributed by atoms with Crippen molar-refractivity contribution in [3.63, 3.8) is 0 Å². The van der Waals surface area contributed by atoms with E-state index in [-0.39, 0.29) is 30.7 Å². The molecule has 1 amide bonds. The molecule has 2 heterocycles. The quantitative estimate of drug-likeness (QED) is 0.815. The van der Waals surface area contributed by atoms with Crippen molar-refractivity contribution in [1.82, 2.24) is 10.2 Å². The number of halogens is 2. The average molecular weight is 400 g/mol. The van der Waals surface area contributed by atoms with Crippen molar-refractivity contribution in [2.24, 2.45) is 5.73 Å². The van der Waals surface area contributed by atoms with Gasteiger partial charge in [-0.2, -0.15) is 0 Å². The molecule has 2 aliphatic heterocycles. The van der Waals surface area contributed by atoms with Gasteiger partial charge in [-0.25, -0.2) is 0 Å². The first-order chi connectivity index (χ1) is 11.6. The molecule has 1 aromatic rings. The monoisotopic (exact) mass is 399 g/mol. The van der Waals surface area contributed by atoms with Crippen LogP contribution in [0.4, 0.5) is 0 Å². The van der Waals surface area contributed by atoms with E-state index in [0.717, 1.165) is 45.1 Å². The summed E-state index contributed by atoms with van der Waals surface area (Å²) in [6.45, 7) is 1.04. The van der Waals surface area contributed by atoms with E-state index in [1.807, 2.05) is 0 Å². The maximum Gasteiger partial charge on any atom is 0.240 e. The third-order valence-electron chi connectivity index (χ3n) is 6.38. The van der Waals surface area contributed by atoms with Gasteiger partial charge in [-0.05, 0) is 44.1 Å². The van der Waals surface area contributed by atoms with Gasteiger partial charge in [-0.3, -0.25) is 9.69 Å². The summed E-state index contributed by atoms with van der Waals surface area (Å²) < 4.78 is 0. The largest absolute Gasteiger partial charge is 0.352 e. The smallest absolute Gasteiger partial charge is 0.240 e. The highest BCUT2D eigenvalue weighted by Crippen LogP contribution is 2.37. The maximum absolute atomic E-state index is 12.6. The van der Waals surface area contributed by atoms with E-state index in [1.54, 1.807) is 0 Å². The molecule has 2 saturated heterocycles. The minimum absolute atomic E-state index is 0. The van der Waals surface area contributed by atoms with Crippen molar-refractivity contribution >= 4 is 30.7 Å². The van der Waals surface area contributed by atoms with Crippen LogP contribution in [-0.2, 0) is 11.3 Å². The number of nitrogens with one attached hydrogen (secondary N) is 1. The van der Waals surface area contributed by atoms with Crippen molar-refractivity contribution in [3.05, 3.63) is 35.9 Å². The zero-order valence-corrected chi connectivity index (χ0v) is 16.9. The summed E-state index contributed by atoms with van der Waals surface area (Å²) in [6.07, 6.45) is 8.54. The first kappa shape index (κ1) is 21.5. The number of hydrogen-bond acceptors (Lipinski definition) is 3. The number of amides is 1. The van der Waals surface area contributed by atoms with Gasteiger partial charge < -0.3 is 11.1 Å². The SMILES string of the molecule is Cl.Cl.NC1(C(=O)NC2CC3CCC(C2)N3Cc2ccccc2)CCCC1. The number of benzene rings is 1. The lowest BCUT2D eigenvalue weighted by Gasteiger charge is -2.40. The average Bonchev–Trinajstić information content (AvgIpc) is 3.11. The molecule has 0 aromatic heterocycles. The Hall–Kier alpha value is -0.810. The molecule has 1 saturated carbocycles. The zero-order chi connectivity index (χ0) is 16.6. The van der Waals surface area contributed by atoms with E-state index in [1.165, 1.54) is 18.4 Å². The van der Waals surface area contributed by atoms with Crippen molar-refractivity contribution in [2.75, 3.05) is 0 Å². The van der Waals surface area contributed by atoms with E-state index in [9.17, 15) is 4.79 Å². The van der Waals surface area contributed by atoms with Gasteiger partial charge in [0.25, 0.3) is 0 Å². The molecule has 3 aliphatic rings. The maximum atomic E-state index is 12.6. The minimum atomic E-state index is -0.597. The number of fused-ring (bicyclic) bond motifs is 2. The van der Waals surface area contributed by atoms with Crippen LogP contribution in [0.2, 0.25) is 0 Å². The van der Waals surface area contributed by atoms with Gasteiger partial charge in [-0.1, -0.05) is 43.2 Å². The molecule has 1 aromatic carbocycles. The highest BCUT2D eigenvalue weighted by Gasteiger charge is 2.43. The number of carbonyl (C=O) groups excluding carboxylic acids is 1. The predicted molar refractivity (Wildman–Crippen MR) is 110 cm³/mol. The topological polar surface area (TPSA) is 58.4 Å². The summed E-state index contributed by atoms with van der Waals surface area (Å²) in [5.41, 5.74) is 7.11. The van der Waals surface area contributed by atoms with Gasteiger partial charge in [0.2, 0.25) is 5.91 Å². The molecule has 4 rings (SSSR count). The number of hydrogen-bond donors (Lipinski definition) is 2. The van der Waals surface area contributed by atoms with Crippen LogP contribution in [0.25, 0.3) is 0 Å². The second-order valence-corrected chi connectivity index (χ2v) is 8.05. The third kappa shape index (κ3) is 4.36. The van der Waals surface area contributed by atoms with E-state index in [4.69, 9.17) is 5.73 Å². The van der Waals surface area contributed by atoms with Gasteiger partial charge in [0, 0.05) is 24.7 Å². The van der Waals surface area contributed by atoms with E-state index >= 15 is 0 Å². The Balaban J connectivity index is 0.00000121. The molecular formula is C20H31Cl2N3O. The van der Waals surface area contributed by atoms with Crippen LogP contribution in [0.15, 0.2) is 30.3 Å². The second kappa shape index (κ2) is 8.92. The lowest BCUT2D eigenvalue weighted by Crippen LogP contribution is -2.57. The molecule has 2 unspecified atom stereocenters. The molecule has 2 bridgehead atoms. The normalized spacial score (nSPS) is 29.5. The van der Waals surface area contributed by atoms with Gasteiger partial charge in [0.15, 0.2) is 0 Å².